The summed E-state index contributed by atoms with van der Waals surface area (Å²) in [6.07, 6.45) is 7.55. The Bertz CT molecular complexity index is 1520. The second kappa shape index (κ2) is 9.32. The highest BCUT2D eigenvalue weighted by molar-refractivity contribution is 6.31. The van der Waals surface area contributed by atoms with Crippen LogP contribution < -0.4 is 0 Å². The molecule has 3 nitrogen and oxygen atoms in total. The average molecular weight is 448 g/mol. The van der Waals surface area contributed by atoms with Crippen LogP contribution in [0, 0.1) is 11.3 Å². The van der Waals surface area contributed by atoms with Gasteiger partial charge < -0.3 is 4.57 Å². The van der Waals surface area contributed by atoms with Gasteiger partial charge in [0.05, 0.1) is 22.8 Å². The monoisotopic (exact) mass is 447 g/mol. The van der Waals surface area contributed by atoms with Crippen LogP contribution in [0.15, 0.2) is 85.1 Å². The molecule has 0 bridgehead atoms. The first-order valence-electron chi connectivity index (χ1n) is 11.0. The summed E-state index contributed by atoms with van der Waals surface area (Å²) in [5.74, 6) is 0. The molecular weight excluding hydrogens is 426 g/mol. The lowest BCUT2D eigenvalue weighted by Crippen LogP contribution is -2.00. The molecule has 5 rings (SSSR count). The smallest absolute Gasteiger partial charge is 0.0724 e. The fourth-order valence-electron chi connectivity index (χ4n) is 4.24. The van der Waals surface area contributed by atoms with Crippen LogP contribution in [0.3, 0.4) is 0 Å². The predicted octanol–water partition coefficient (Wildman–Crippen LogP) is 7.52. The van der Waals surface area contributed by atoms with E-state index in [1.807, 2.05) is 30.3 Å². The molecule has 0 unspecified atom stereocenters. The normalized spacial score (nSPS) is 11.4. The number of halogens is 1. The number of rotatable bonds is 6. The molecule has 5 aromatic rings. The molecule has 0 saturated heterocycles. The van der Waals surface area contributed by atoms with E-state index in [2.05, 4.69) is 77.5 Å². The van der Waals surface area contributed by atoms with E-state index < -0.39 is 0 Å². The lowest BCUT2D eigenvalue weighted by atomic mass is 10.1. The number of para-hydroxylation sites is 1. The summed E-state index contributed by atoms with van der Waals surface area (Å²) in [7, 11) is 0. The van der Waals surface area contributed by atoms with Crippen molar-refractivity contribution in [1.29, 1.82) is 5.26 Å². The van der Waals surface area contributed by atoms with Crippen molar-refractivity contribution in [3.05, 3.63) is 112 Å². The van der Waals surface area contributed by atoms with Crippen molar-refractivity contribution in [2.24, 2.45) is 0 Å². The number of nitrogens with zero attached hydrogens (tertiary/aromatic N) is 3. The Kier molecular flexibility index (Phi) is 5.93. The van der Waals surface area contributed by atoms with Gasteiger partial charge in [-0.15, -0.1) is 0 Å². The van der Waals surface area contributed by atoms with E-state index in [1.165, 1.54) is 22.0 Å². The van der Waals surface area contributed by atoms with Gasteiger partial charge in [-0.05, 0) is 64.9 Å². The van der Waals surface area contributed by atoms with E-state index in [4.69, 9.17) is 21.8 Å². The van der Waals surface area contributed by atoms with Gasteiger partial charge in [0.15, 0.2) is 0 Å². The minimum absolute atomic E-state index is 0.527. The van der Waals surface area contributed by atoms with Crippen molar-refractivity contribution in [3.63, 3.8) is 0 Å². The van der Waals surface area contributed by atoms with E-state index in [9.17, 15) is 0 Å². The van der Waals surface area contributed by atoms with E-state index >= 15 is 0 Å². The highest BCUT2D eigenvalue weighted by atomic mass is 35.5. The molecule has 0 amide bonds. The number of benzene rings is 3. The molecule has 33 heavy (non-hydrogen) atoms. The summed E-state index contributed by atoms with van der Waals surface area (Å²) in [5, 5.41) is 12.0. The number of hydrogen-bond acceptors (Lipinski definition) is 2. The Morgan fingerprint density at radius 3 is 2.70 bits per heavy atom. The molecule has 0 atom stereocenters. The van der Waals surface area contributed by atoms with Crippen molar-refractivity contribution >= 4 is 45.6 Å². The quantitative estimate of drug-likeness (QED) is 0.270. The summed E-state index contributed by atoms with van der Waals surface area (Å²) >= 11 is 6.12. The zero-order valence-corrected chi connectivity index (χ0v) is 18.8. The first-order chi connectivity index (χ1) is 16.2. The highest BCUT2D eigenvalue weighted by Gasteiger charge is 2.07. The molecular formula is C29H22ClN3. The molecule has 0 fully saturated rings. The van der Waals surface area contributed by atoms with Gasteiger partial charge in [0.25, 0.3) is 0 Å². The third-order valence-electron chi connectivity index (χ3n) is 5.80. The van der Waals surface area contributed by atoms with Crippen molar-refractivity contribution in [3.8, 4) is 6.07 Å². The van der Waals surface area contributed by atoms with E-state index in [0.717, 1.165) is 35.1 Å². The van der Waals surface area contributed by atoms with Crippen LogP contribution in [0.2, 0.25) is 5.02 Å². The van der Waals surface area contributed by atoms with Crippen LogP contribution in [0.5, 0.6) is 0 Å². The summed E-state index contributed by atoms with van der Waals surface area (Å²) < 4.78 is 2.28. The first-order valence-corrected chi connectivity index (χ1v) is 11.3. The van der Waals surface area contributed by atoms with Crippen LogP contribution in [-0.2, 0) is 13.0 Å². The zero-order valence-electron chi connectivity index (χ0n) is 18.1. The molecule has 2 aromatic heterocycles. The van der Waals surface area contributed by atoms with Gasteiger partial charge in [-0.1, -0.05) is 66.2 Å². The maximum Gasteiger partial charge on any atom is 0.0724 e. The zero-order chi connectivity index (χ0) is 22.6. The van der Waals surface area contributed by atoms with Gasteiger partial charge in [0, 0.05) is 29.6 Å². The number of hydrogen-bond donors (Lipinski definition) is 0. The van der Waals surface area contributed by atoms with Gasteiger partial charge in [0.2, 0.25) is 0 Å². The van der Waals surface area contributed by atoms with E-state index in [-0.39, 0.29) is 0 Å². The molecule has 4 heteroatoms. The number of fused-ring (bicyclic) bond motifs is 2. The van der Waals surface area contributed by atoms with Crippen LogP contribution >= 0.6 is 11.6 Å². The number of aryl methyl sites for hydroxylation is 1. The summed E-state index contributed by atoms with van der Waals surface area (Å²) in [4.78, 5) is 4.70. The lowest BCUT2D eigenvalue weighted by Gasteiger charge is -2.10. The summed E-state index contributed by atoms with van der Waals surface area (Å²) in [6, 6.07) is 29.1. The van der Waals surface area contributed by atoms with Gasteiger partial charge in [-0.3, -0.25) is 0 Å². The Morgan fingerprint density at radius 1 is 0.909 bits per heavy atom. The molecule has 0 spiro atoms. The number of aromatic nitrogens is 2. The molecule has 3 aromatic carbocycles. The molecule has 160 valence electrons. The fraction of sp³-hybridized carbons (Fsp3) is 0.103. The van der Waals surface area contributed by atoms with Crippen molar-refractivity contribution < 1.29 is 0 Å². The topological polar surface area (TPSA) is 41.6 Å². The molecule has 0 radical (unpaired) electrons. The van der Waals surface area contributed by atoms with Crippen molar-refractivity contribution in [2.45, 2.75) is 19.4 Å². The van der Waals surface area contributed by atoms with Crippen molar-refractivity contribution in [2.75, 3.05) is 0 Å². The standard InChI is InChI=1S/C29H22ClN3/c30-26-12-10-23-11-14-27(32-28(23)19-26)13-9-21-4-1-5-22(18-21)20-33-17-15-25-7-2-6-24(29(25)33)8-3-16-31/h1-2,4-7,9-15,17-19H,3,8,20H2. The van der Waals surface area contributed by atoms with Gasteiger partial charge >= 0.3 is 0 Å². The average Bonchev–Trinajstić information content (AvgIpc) is 3.24. The second-order valence-electron chi connectivity index (χ2n) is 8.11. The minimum Gasteiger partial charge on any atom is -0.343 e. The number of pyridine rings is 1. The Labute approximate surface area is 198 Å². The minimum atomic E-state index is 0.527. The molecule has 0 saturated carbocycles. The van der Waals surface area contributed by atoms with E-state index in [1.54, 1.807) is 0 Å². The Hall–Kier alpha value is -3.87. The third kappa shape index (κ3) is 4.67. The summed E-state index contributed by atoms with van der Waals surface area (Å²) in [5.41, 5.74) is 6.58. The molecule has 0 N–H and O–H groups in total. The second-order valence-corrected chi connectivity index (χ2v) is 8.54. The van der Waals surface area contributed by atoms with Crippen LogP contribution in [0.25, 0.3) is 34.0 Å². The largest absolute Gasteiger partial charge is 0.343 e. The van der Waals surface area contributed by atoms with Crippen LogP contribution in [-0.4, -0.2) is 9.55 Å². The van der Waals surface area contributed by atoms with E-state index in [0.29, 0.717) is 11.4 Å². The SMILES string of the molecule is N#CCCc1cccc2ccn(Cc3cccc(C=Cc4ccc5ccc(Cl)cc5n4)c3)c12. The molecule has 0 aliphatic rings. The fourth-order valence-corrected chi connectivity index (χ4v) is 4.40. The van der Waals surface area contributed by atoms with Gasteiger partial charge in [0.1, 0.15) is 0 Å². The lowest BCUT2D eigenvalue weighted by molar-refractivity contribution is 0.828. The van der Waals surface area contributed by atoms with Crippen LogP contribution in [0.1, 0.15) is 28.8 Å². The molecule has 0 aliphatic carbocycles. The Balaban J connectivity index is 1.40. The van der Waals surface area contributed by atoms with Crippen LogP contribution in [0.4, 0.5) is 0 Å². The molecule has 0 aliphatic heterocycles. The molecule has 2 heterocycles. The van der Waals surface area contributed by atoms with Gasteiger partial charge in [-0.25, -0.2) is 4.98 Å². The number of nitriles is 1. The Morgan fingerprint density at radius 2 is 1.79 bits per heavy atom. The summed E-state index contributed by atoms with van der Waals surface area (Å²) in [6.45, 7) is 0.779. The maximum atomic E-state index is 9.01. The predicted molar refractivity (Wildman–Crippen MR) is 137 cm³/mol. The van der Waals surface area contributed by atoms with Gasteiger partial charge in [-0.2, -0.15) is 5.26 Å². The highest BCUT2D eigenvalue weighted by Crippen LogP contribution is 2.23. The maximum absolute atomic E-state index is 9.01. The van der Waals surface area contributed by atoms with Crippen molar-refractivity contribution in [1.82, 2.24) is 9.55 Å². The third-order valence-corrected chi connectivity index (χ3v) is 6.04. The first kappa shape index (κ1) is 21.0.